The van der Waals surface area contributed by atoms with E-state index in [9.17, 15) is 14.7 Å². The van der Waals surface area contributed by atoms with Gasteiger partial charge in [0, 0.05) is 5.56 Å². The molecule has 0 heterocycles. The Morgan fingerprint density at radius 3 is 2.30 bits per heavy atom. The number of carbonyl (C=O) groups is 2. The van der Waals surface area contributed by atoms with Gasteiger partial charge in [0.05, 0.1) is 0 Å². The summed E-state index contributed by atoms with van der Waals surface area (Å²) >= 11 is 0. The molecule has 0 aromatic heterocycles. The molecular weight excluding hydrogens is 296 g/mol. The van der Waals surface area contributed by atoms with Crippen molar-refractivity contribution in [2.45, 2.75) is 19.4 Å². The fourth-order valence-corrected chi connectivity index (χ4v) is 1.87. The molecule has 2 aromatic carbocycles. The second-order valence-corrected chi connectivity index (χ2v) is 4.82. The zero-order chi connectivity index (χ0) is 16.7. The van der Waals surface area contributed by atoms with Crippen molar-refractivity contribution in [3.05, 3.63) is 60.2 Å². The Morgan fingerprint density at radius 1 is 1.04 bits per heavy atom. The number of benzene rings is 2. The minimum absolute atomic E-state index is 0.0629. The number of ether oxygens (including phenoxy) is 1. The van der Waals surface area contributed by atoms with Crippen LogP contribution in [-0.2, 0) is 4.79 Å². The summed E-state index contributed by atoms with van der Waals surface area (Å²) in [5.41, 5.74) is 4.98. The van der Waals surface area contributed by atoms with Gasteiger partial charge < -0.3 is 9.84 Å². The van der Waals surface area contributed by atoms with Gasteiger partial charge in [0.15, 0.2) is 6.10 Å². The zero-order valence-electron chi connectivity index (χ0n) is 12.7. The standard InChI is InChI=1S/C17H18N2O4/c1-2-15(23-14-6-4-3-5-7-14)17(22)19-18-16(21)12-8-10-13(20)11-9-12/h3-11,15,20H,2H2,1H3,(H,18,21)(H,19,22). The number of amides is 2. The van der Waals surface area contributed by atoms with E-state index < -0.39 is 17.9 Å². The molecule has 0 saturated carbocycles. The highest BCUT2D eigenvalue weighted by Crippen LogP contribution is 2.12. The maximum absolute atomic E-state index is 12.1. The molecular formula is C17H18N2O4. The van der Waals surface area contributed by atoms with E-state index in [2.05, 4.69) is 10.9 Å². The lowest BCUT2D eigenvalue weighted by Crippen LogP contribution is -2.47. The van der Waals surface area contributed by atoms with Gasteiger partial charge in [0.2, 0.25) is 0 Å². The molecule has 2 rings (SSSR count). The first-order chi connectivity index (χ1) is 11.1. The minimum Gasteiger partial charge on any atom is -0.508 e. The van der Waals surface area contributed by atoms with Crippen LogP contribution in [0.2, 0.25) is 0 Å². The highest BCUT2D eigenvalue weighted by Gasteiger charge is 2.19. The second kappa shape index (κ2) is 7.84. The summed E-state index contributed by atoms with van der Waals surface area (Å²) in [5, 5.41) is 9.18. The van der Waals surface area contributed by atoms with E-state index in [0.29, 0.717) is 17.7 Å². The van der Waals surface area contributed by atoms with Gasteiger partial charge in [-0.05, 0) is 42.8 Å². The van der Waals surface area contributed by atoms with Crippen molar-refractivity contribution in [3.8, 4) is 11.5 Å². The van der Waals surface area contributed by atoms with Crippen molar-refractivity contribution in [3.63, 3.8) is 0 Å². The first-order valence-electron chi connectivity index (χ1n) is 7.21. The molecule has 6 heteroatoms. The van der Waals surface area contributed by atoms with Crippen LogP contribution in [0.1, 0.15) is 23.7 Å². The van der Waals surface area contributed by atoms with Crippen LogP contribution in [-0.4, -0.2) is 23.0 Å². The highest BCUT2D eigenvalue weighted by atomic mass is 16.5. The fraction of sp³-hybridized carbons (Fsp3) is 0.176. The Kier molecular flexibility index (Phi) is 5.57. The normalized spacial score (nSPS) is 11.3. The van der Waals surface area contributed by atoms with Crippen molar-refractivity contribution >= 4 is 11.8 Å². The van der Waals surface area contributed by atoms with Crippen molar-refractivity contribution < 1.29 is 19.4 Å². The number of hydrogen-bond acceptors (Lipinski definition) is 4. The van der Waals surface area contributed by atoms with Crippen LogP contribution in [0.4, 0.5) is 0 Å². The summed E-state index contributed by atoms with van der Waals surface area (Å²) in [6, 6.07) is 14.7. The third kappa shape index (κ3) is 4.74. The van der Waals surface area contributed by atoms with Crippen LogP contribution in [0, 0.1) is 0 Å². The molecule has 2 aromatic rings. The largest absolute Gasteiger partial charge is 0.508 e. The Labute approximate surface area is 134 Å². The SMILES string of the molecule is CCC(Oc1ccccc1)C(=O)NNC(=O)c1ccc(O)cc1. The van der Waals surface area contributed by atoms with Gasteiger partial charge in [0.1, 0.15) is 11.5 Å². The van der Waals surface area contributed by atoms with Crippen molar-refractivity contribution in [2.75, 3.05) is 0 Å². The van der Waals surface area contributed by atoms with Crippen LogP contribution in [0.15, 0.2) is 54.6 Å². The number of hydrazine groups is 1. The summed E-state index contributed by atoms with van der Waals surface area (Å²) in [6.07, 6.45) is -0.256. The molecule has 0 aliphatic rings. The first-order valence-corrected chi connectivity index (χ1v) is 7.21. The molecule has 0 spiro atoms. The Morgan fingerprint density at radius 2 is 1.70 bits per heavy atom. The maximum atomic E-state index is 12.1. The first kappa shape index (κ1) is 16.4. The van der Waals surface area contributed by atoms with Crippen molar-refractivity contribution in [2.24, 2.45) is 0 Å². The van der Waals surface area contributed by atoms with Crippen LogP contribution in [0.3, 0.4) is 0 Å². The molecule has 0 bridgehead atoms. The molecule has 6 nitrogen and oxygen atoms in total. The van der Waals surface area contributed by atoms with E-state index in [1.165, 1.54) is 24.3 Å². The number of phenols is 1. The summed E-state index contributed by atoms with van der Waals surface area (Å²) in [6.45, 7) is 1.81. The number of rotatable bonds is 5. The predicted octanol–water partition coefficient (Wildman–Crippen LogP) is 2.01. The average Bonchev–Trinajstić information content (AvgIpc) is 2.58. The van der Waals surface area contributed by atoms with E-state index >= 15 is 0 Å². The number of aromatic hydroxyl groups is 1. The molecule has 0 fully saturated rings. The predicted molar refractivity (Wildman–Crippen MR) is 84.9 cm³/mol. The zero-order valence-corrected chi connectivity index (χ0v) is 12.7. The van der Waals surface area contributed by atoms with Crippen LogP contribution >= 0.6 is 0 Å². The second-order valence-electron chi connectivity index (χ2n) is 4.82. The maximum Gasteiger partial charge on any atom is 0.279 e. The molecule has 0 aliphatic heterocycles. The molecule has 1 unspecified atom stereocenters. The Hall–Kier alpha value is -3.02. The van der Waals surface area contributed by atoms with Gasteiger partial charge in [-0.25, -0.2) is 0 Å². The topological polar surface area (TPSA) is 87.7 Å². The monoisotopic (exact) mass is 314 g/mol. The summed E-state index contributed by atoms with van der Waals surface area (Å²) in [5.74, 6) is -0.274. The molecule has 1 atom stereocenters. The van der Waals surface area contributed by atoms with Gasteiger partial charge in [-0.15, -0.1) is 0 Å². The lowest BCUT2D eigenvalue weighted by molar-refractivity contribution is -0.128. The van der Waals surface area contributed by atoms with Gasteiger partial charge in [0.25, 0.3) is 11.8 Å². The van der Waals surface area contributed by atoms with E-state index in [0.717, 1.165) is 0 Å². The van der Waals surface area contributed by atoms with Gasteiger partial charge in [-0.3, -0.25) is 20.4 Å². The average molecular weight is 314 g/mol. The quantitative estimate of drug-likeness (QED) is 0.737. The molecule has 3 N–H and O–H groups in total. The lowest BCUT2D eigenvalue weighted by atomic mass is 10.2. The van der Waals surface area contributed by atoms with Gasteiger partial charge in [-0.1, -0.05) is 25.1 Å². The summed E-state index contributed by atoms with van der Waals surface area (Å²) in [7, 11) is 0. The van der Waals surface area contributed by atoms with E-state index in [1.807, 2.05) is 25.1 Å². The summed E-state index contributed by atoms with van der Waals surface area (Å²) < 4.78 is 5.58. The number of hydrogen-bond donors (Lipinski definition) is 3. The molecule has 0 radical (unpaired) electrons. The lowest BCUT2D eigenvalue weighted by Gasteiger charge is -2.17. The molecule has 0 aliphatic carbocycles. The number of para-hydroxylation sites is 1. The van der Waals surface area contributed by atoms with Crippen LogP contribution in [0.5, 0.6) is 11.5 Å². The summed E-state index contributed by atoms with van der Waals surface area (Å²) in [4.78, 5) is 24.0. The number of carbonyl (C=O) groups excluding carboxylic acids is 2. The van der Waals surface area contributed by atoms with E-state index in [4.69, 9.17) is 4.74 Å². The van der Waals surface area contributed by atoms with Crippen LogP contribution in [0.25, 0.3) is 0 Å². The van der Waals surface area contributed by atoms with E-state index in [1.54, 1.807) is 12.1 Å². The highest BCUT2D eigenvalue weighted by molar-refractivity contribution is 5.95. The fourth-order valence-electron chi connectivity index (χ4n) is 1.87. The smallest absolute Gasteiger partial charge is 0.279 e. The Balaban J connectivity index is 1.89. The van der Waals surface area contributed by atoms with Gasteiger partial charge >= 0.3 is 0 Å². The molecule has 2 amide bonds. The molecule has 120 valence electrons. The third-order valence-corrected chi connectivity index (χ3v) is 3.11. The molecule has 23 heavy (non-hydrogen) atoms. The number of phenolic OH excluding ortho intramolecular Hbond substituents is 1. The van der Waals surface area contributed by atoms with E-state index in [-0.39, 0.29) is 5.75 Å². The number of nitrogens with one attached hydrogen (secondary N) is 2. The minimum atomic E-state index is -0.711. The Bertz CT molecular complexity index is 656. The van der Waals surface area contributed by atoms with Crippen molar-refractivity contribution in [1.29, 1.82) is 0 Å². The third-order valence-electron chi connectivity index (χ3n) is 3.11. The molecule has 0 saturated heterocycles. The van der Waals surface area contributed by atoms with Crippen LogP contribution < -0.4 is 15.6 Å². The van der Waals surface area contributed by atoms with Gasteiger partial charge in [-0.2, -0.15) is 0 Å². The van der Waals surface area contributed by atoms with Crippen molar-refractivity contribution in [1.82, 2.24) is 10.9 Å².